The molecule has 0 spiro atoms. The van der Waals surface area contributed by atoms with Crippen LogP contribution in [0.15, 0.2) is 54.7 Å². The van der Waals surface area contributed by atoms with Gasteiger partial charge in [-0.1, -0.05) is 18.2 Å². The minimum atomic E-state index is -4.49. The molecule has 190 valence electrons. The Morgan fingerprint density at radius 1 is 1.17 bits per heavy atom. The van der Waals surface area contributed by atoms with E-state index < -0.39 is 11.7 Å². The van der Waals surface area contributed by atoms with E-state index in [-0.39, 0.29) is 30.2 Å². The zero-order valence-electron chi connectivity index (χ0n) is 20.2. The summed E-state index contributed by atoms with van der Waals surface area (Å²) < 4.78 is 47.9. The number of halogens is 3. The lowest BCUT2D eigenvalue weighted by Gasteiger charge is -2.28. The number of hydrogen-bond acceptors (Lipinski definition) is 4. The summed E-state index contributed by atoms with van der Waals surface area (Å²) in [6.07, 6.45) is -2.06. The molecule has 2 atom stereocenters. The highest BCUT2D eigenvalue weighted by atomic mass is 32.1. The average molecular weight is 517 g/mol. The summed E-state index contributed by atoms with van der Waals surface area (Å²) in [5, 5.41) is 3.84. The lowest BCUT2D eigenvalue weighted by Crippen LogP contribution is -2.31. The monoisotopic (exact) mass is 516 g/mol. The van der Waals surface area contributed by atoms with Crippen LogP contribution >= 0.6 is 12.2 Å². The van der Waals surface area contributed by atoms with E-state index >= 15 is 0 Å². The van der Waals surface area contributed by atoms with E-state index in [0.29, 0.717) is 29.5 Å². The number of para-hydroxylation sites is 1. The van der Waals surface area contributed by atoms with Gasteiger partial charge in [-0.05, 0) is 68.4 Å². The highest BCUT2D eigenvalue weighted by molar-refractivity contribution is 7.80. The maximum atomic E-state index is 13.8. The Labute approximate surface area is 213 Å². The van der Waals surface area contributed by atoms with Gasteiger partial charge in [0.15, 0.2) is 5.11 Å². The van der Waals surface area contributed by atoms with Gasteiger partial charge in [0.2, 0.25) is 0 Å². The van der Waals surface area contributed by atoms with Crippen LogP contribution in [0.4, 0.5) is 13.2 Å². The van der Waals surface area contributed by atoms with Crippen LogP contribution in [0.25, 0.3) is 5.69 Å². The SMILES string of the molecule is COC(=O)CCCN1C(=S)N[C@H](c2ccccn2)[C@@H]1c1cc(C)n(-c2ccccc2C(F)(F)F)c1C. The first kappa shape index (κ1) is 25.7. The number of hydrogen-bond donors (Lipinski definition) is 1. The molecular weight excluding hydrogens is 489 g/mol. The molecule has 4 rings (SSSR count). The number of nitrogens with zero attached hydrogens (tertiary/aromatic N) is 3. The smallest absolute Gasteiger partial charge is 0.418 e. The number of thiocarbonyl (C=S) groups is 1. The Hall–Kier alpha value is -3.40. The van der Waals surface area contributed by atoms with Gasteiger partial charge in [0.05, 0.1) is 36.1 Å². The van der Waals surface area contributed by atoms with Gasteiger partial charge in [0.1, 0.15) is 0 Å². The quantitative estimate of drug-likeness (QED) is 0.334. The fourth-order valence-corrected chi connectivity index (χ4v) is 5.18. The molecule has 3 heterocycles. The van der Waals surface area contributed by atoms with Crippen molar-refractivity contribution in [1.29, 1.82) is 0 Å². The van der Waals surface area contributed by atoms with Crippen molar-refractivity contribution in [1.82, 2.24) is 19.8 Å². The minimum Gasteiger partial charge on any atom is -0.469 e. The van der Waals surface area contributed by atoms with Crippen LogP contribution in [-0.4, -0.2) is 39.2 Å². The van der Waals surface area contributed by atoms with E-state index in [1.54, 1.807) is 23.8 Å². The first-order chi connectivity index (χ1) is 17.1. The maximum Gasteiger partial charge on any atom is 0.418 e. The fraction of sp³-hybridized carbons (Fsp3) is 0.346. The predicted molar refractivity (Wildman–Crippen MR) is 134 cm³/mol. The van der Waals surface area contributed by atoms with Gasteiger partial charge in [-0.2, -0.15) is 13.2 Å². The van der Waals surface area contributed by atoms with Gasteiger partial charge >= 0.3 is 12.1 Å². The van der Waals surface area contributed by atoms with Crippen LogP contribution in [0, 0.1) is 13.8 Å². The lowest BCUT2D eigenvalue weighted by molar-refractivity contribution is -0.141. The van der Waals surface area contributed by atoms with E-state index in [0.717, 1.165) is 17.3 Å². The fourth-order valence-electron chi connectivity index (χ4n) is 4.85. The molecular formula is C26H27F3N4O2S. The lowest BCUT2D eigenvalue weighted by atomic mass is 9.96. The number of aromatic nitrogens is 2. The number of rotatable bonds is 7. The third-order valence-electron chi connectivity index (χ3n) is 6.44. The molecule has 1 N–H and O–H groups in total. The average Bonchev–Trinajstić information content (AvgIpc) is 3.33. The minimum absolute atomic E-state index is 0.0754. The molecule has 3 aromatic rings. The second kappa shape index (κ2) is 10.3. The van der Waals surface area contributed by atoms with Crippen molar-refractivity contribution in [3.05, 3.63) is 82.9 Å². The zero-order valence-corrected chi connectivity index (χ0v) is 21.0. The van der Waals surface area contributed by atoms with Crippen molar-refractivity contribution in [3.63, 3.8) is 0 Å². The normalized spacial score (nSPS) is 17.8. The van der Waals surface area contributed by atoms with Crippen molar-refractivity contribution >= 4 is 23.3 Å². The van der Waals surface area contributed by atoms with Gasteiger partial charge in [-0.25, -0.2) is 0 Å². The van der Waals surface area contributed by atoms with Gasteiger partial charge in [-0.15, -0.1) is 0 Å². The molecule has 10 heteroatoms. The molecule has 0 unspecified atom stereocenters. The summed E-state index contributed by atoms with van der Waals surface area (Å²) in [6, 6.07) is 12.4. The van der Waals surface area contributed by atoms with Crippen LogP contribution in [0.2, 0.25) is 0 Å². The van der Waals surface area contributed by atoms with Crippen molar-refractivity contribution in [2.45, 2.75) is 44.9 Å². The van der Waals surface area contributed by atoms with Crippen molar-refractivity contribution in [2.24, 2.45) is 0 Å². The highest BCUT2D eigenvalue weighted by Crippen LogP contribution is 2.42. The second-order valence-electron chi connectivity index (χ2n) is 8.68. The zero-order chi connectivity index (χ0) is 26.0. The summed E-state index contributed by atoms with van der Waals surface area (Å²) in [7, 11) is 1.35. The second-order valence-corrected chi connectivity index (χ2v) is 9.06. The van der Waals surface area contributed by atoms with E-state index in [1.165, 1.54) is 19.2 Å². The number of benzene rings is 1. The number of pyridine rings is 1. The predicted octanol–water partition coefficient (Wildman–Crippen LogP) is 5.43. The first-order valence-corrected chi connectivity index (χ1v) is 11.9. The number of methoxy groups -OCH3 is 1. The molecule has 0 amide bonds. The van der Waals surface area contributed by atoms with Crippen LogP contribution in [0.5, 0.6) is 0 Å². The van der Waals surface area contributed by atoms with Crippen molar-refractivity contribution in [2.75, 3.05) is 13.7 Å². The molecule has 1 aliphatic heterocycles. The summed E-state index contributed by atoms with van der Waals surface area (Å²) in [4.78, 5) is 18.2. The maximum absolute atomic E-state index is 13.8. The molecule has 1 fully saturated rings. The molecule has 0 bridgehead atoms. The van der Waals surface area contributed by atoms with Gasteiger partial charge in [0, 0.05) is 30.6 Å². The van der Waals surface area contributed by atoms with Gasteiger partial charge in [0.25, 0.3) is 0 Å². The summed E-state index contributed by atoms with van der Waals surface area (Å²) in [5.74, 6) is -0.312. The number of alkyl halides is 3. The third-order valence-corrected chi connectivity index (χ3v) is 6.80. The summed E-state index contributed by atoms with van der Waals surface area (Å²) in [5.41, 5.74) is 2.33. The molecule has 1 aliphatic rings. The molecule has 1 saturated heterocycles. The number of carbonyl (C=O) groups excluding carboxylic acids is 1. The van der Waals surface area contributed by atoms with Gasteiger partial charge in [-0.3, -0.25) is 9.78 Å². The Morgan fingerprint density at radius 2 is 1.89 bits per heavy atom. The van der Waals surface area contributed by atoms with Crippen molar-refractivity contribution < 1.29 is 22.7 Å². The summed E-state index contributed by atoms with van der Waals surface area (Å²) in [6.45, 7) is 4.08. The van der Waals surface area contributed by atoms with Crippen LogP contribution < -0.4 is 5.32 Å². The Bertz CT molecular complexity index is 1260. The van der Waals surface area contributed by atoms with Crippen LogP contribution in [0.1, 0.15) is 53.1 Å². The highest BCUT2D eigenvalue weighted by Gasteiger charge is 2.42. The molecule has 0 radical (unpaired) electrons. The number of ether oxygens (including phenoxy) is 1. The number of aryl methyl sites for hydroxylation is 1. The number of carbonyl (C=O) groups is 1. The van der Waals surface area contributed by atoms with Crippen LogP contribution in [0.3, 0.4) is 0 Å². The Kier molecular flexibility index (Phi) is 7.35. The molecule has 6 nitrogen and oxygen atoms in total. The molecule has 36 heavy (non-hydrogen) atoms. The molecule has 2 aromatic heterocycles. The first-order valence-electron chi connectivity index (χ1n) is 11.5. The van der Waals surface area contributed by atoms with E-state index in [2.05, 4.69) is 10.3 Å². The Balaban J connectivity index is 1.80. The largest absolute Gasteiger partial charge is 0.469 e. The van der Waals surface area contributed by atoms with Gasteiger partial charge < -0.3 is 19.5 Å². The van der Waals surface area contributed by atoms with E-state index in [1.807, 2.05) is 36.1 Å². The van der Waals surface area contributed by atoms with E-state index in [4.69, 9.17) is 17.0 Å². The molecule has 0 aliphatic carbocycles. The molecule has 0 saturated carbocycles. The summed E-state index contributed by atoms with van der Waals surface area (Å²) >= 11 is 5.66. The standard InChI is InChI=1S/C26H27F3N4O2S/c1-16-15-18(17(2)33(16)21-11-5-4-9-19(21)26(27,28)29)24-23(20-10-6-7-13-30-20)31-25(36)32(24)14-8-12-22(34)35-3/h4-7,9-11,13,15,23-24H,8,12,14H2,1-3H3,(H,31,36)/t23-,24+/m1/s1. The number of nitrogens with one attached hydrogen (secondary N) is 1. The third kappa shape index (κ3) is 4.95. The van der Waals surface area contributed by atoms with E-state index in [9.17, 15) is 18.0 Å². The van der Waals surface area contributed by atoms with Crippen LogP contribution in [-0.2, 0) is 15.7 Å². The molecule has 1 aromatic carbocycles. The van der Waals surface area contributed by atoms with Crippen molar-refractivity contribution in [3.8, 4) is 5.69 Å². The number of esters is 1. The Morgan fingerprint density at radius 3 is 2.56 bits per heavy atom. The topological polar surface area (TPSA) is 59.4 Å².